The molecule has 0 N–H and O–H groups in total. The molecular weight excluding hydrogens is 318 g/mol. The molecule has 1 saturated heterocycles. The zero-order chi connectivity index (χ0) is 15.4. The van der Waals surface area contributed by atoms with E-state index in [-0.39, 0.29) is 0 Å². The van der Waals surface area contributed by atoms with Gasteiger partial charge in [0.2, 0.25) is 5.89 Å². The Kier molecular flexibility index (Phi) is 5.39. The van der Waals surface area contributed by atoms with Gasteiger partial charge in [0.25, 0.3) is 5.22 Å². The van der Waals surface area contributed by atoms with Gasteiger partial charge < -0.3 is 9.32 Å². The maximum absolute atomic E-state index is 5.88. The summed E-state index contributed by atoms with van der Waals surface area (Å²) < 4.78 is 5.71. The Morgan fingerprint density at radius 1 is 1.27 bits per heavy atom. The van der Waals surface area contributed by atoms with Gasteiger partial charge in [0.05, 0.1) is 0 Å². The summed E-state index contributed by atoms with van der Waals surface area (Å²) in [5.41, 5.74) is 0.899. The van der Waals surface area contributed by atoms with Crippen molar-refractivity contribution in [3.63, 3.8) is 0 Å². The van der Waals surface area contributed by atoms with Crippen molar-refractivity contribution in [3.05, 3.63) is 29.3 Å². The molecule has 0 radical (unpaired) electrons. The van der Waals surface area contributed by atoms with Crippen LogP contribution in [0.2, 0.25) is 5.02 Å². The van der Waals surface area contributed by atoms with Gasteiger partial charge in [-0.1, -0.05) is 29.8 Å². The highest BCUT2D eigenvalue weighted by Crippen LogP contribution is 2.26. The van der Waals surface area contributed by atoms with Gasteiger partial charge in [-0.2, -0.15) is 0 Å². The number of nitrogens with zero attached hydrogens (tertiary/aromatic N) is 3. The molecule has 1 aromatic heterocycles. The lowest BCUT2D eigenvalue weighted by atomic mass is 10.0. The van der Waals surface area contributed by atoms with E-state index in [9.17, 15) is 0 Å². The topological polar surface area (TPSA) is 42.2 Å². The third-order valence-corrected chi connectivity index (χ3v) is 5.20. The largest absolute Gasteiger partial charge is 0.411 e. The maximum Gasteiger partial charge on any atom is 0.276 e. The summed E-state index contributed by atoms with van der Waals surface area (Å²) in [4.78, 5) is 2.47. The number of halogens is 1. The van der Waals surface area contributed by atoms with E-state index in [1.807, 2.05) is 24.3 Å². The highest BCUT2D eigenvalue weighted by atomic mass is 35.5. The number of hydrogen-bond donors (Lipinski definition) is 0. The highest BCUT2D eigenvalue weighted by molar-refractivity contribution is 7.99. The molecule has 6 heteroatoms. The Labute approximate surface area is 140 Å². The molecule has 3 rings (SSSR count). The van der Waals surface area contributed by atoms with Crippen molar-refractivity contribution in [2.45, 2.75) is 36.9 Å². The van der Waals surface area contributed by atoms with Gasteiger partial charge in [-0.3, -0.25) is 0 Å². The molecule has 4 nitrogen and oxygen atoms in total. The Morgan fingerprint density at radius 2 is 2.09 bits per heavy atom. The number of rotatable bonds is 5. The molecule has 1 aliphatic rings. The highest BCUT2D eigenvalue weighted by Gasteiger charge is 2.19. The number of aromatic nitrogens is 2. The van der Waals surface area contributed by atoms with E-state index >= 15 is 0 Å². The first-order valence-corrected chi connectivity index (χ1v) is 9.01. The number of benzene rings is 1. The van der Waals surface area contributed by atoms with Crippen molar-refractivity contribution >= 4 is 23.4 Å². The second-order valence-corrected chi connectivity index (χ2v) is 7.13. The van der Waals surface area contributed by atoms with Crippen LogP contribution in [0.5, 0.6) is 0 Å². The fourth-order valence-corrected chi connectivity index (χ4v) is 3.70. The van der Waals surface area contributed by atoms with Crippen LogP contribution in [0.15, 0.2) is 33.9 Å². The Morgan fingerprint density at radius 3 is 2.86 bits per heavy atom. The molecule has 22 heavy (non-hydrogen) atoms. The normalized spacial score (nSPS) is 19.5. The van der Waals surface area contributed by atoms with Crippen molar-refractivity contribution in [1.29, 1.82) is 0 Å². The number of piperidine rings is 1. The molecule has 1 atom stereocenters. The van der Waals surface area contributed by atoms with Gasteiger partial charge in [0, 0.05) is 22.4 Å². The maximum atomic E-state index is 5.88. The van der Waals surface area contributed by atoms with E-state index in [4.69, 9.17) is 16.0 Å². The zero-order valence-corrected chi connectivity index (χ0v) is 14.2. The minimum atomic E-state index is 0.550. The van der Waals surface area contributed by atoms with Crippen molar-refractivity contribution in [2.75, 3.05) is 19.3 Å². The molecule has 118 valence electrons. The molecule has 2 aromatic rings. The quantitative estimate of drug-likeness (QED) is 0.758. The Balaban J connectivity index is 1.52. The summed E-state index contributed by atoms with van der Waals surface area (Å²) in [5.74, 6) is 1.56. The van der Waals surface area contributed by atoms with Gasteiger partial charge in [0.15, 0.2) is 0 Å². The first-order valence-electron chi connectivity index (χ1n) is 7.65. The van der Waals surface area contributed by atoms with Crippen molar-refractivity contribution in [3.8, 4) is 11.5 Å². The third-order valence-electron chi connectivity index (χ3n) is 4.10. The van der Waals surface area contributed by atoms with Crippen molar-refractivity contribution in [1.82, 2.24) is 15.1 Å². The molecule has 1 fully saturated rings. The number of thioether (sulfide) groups is 1. The van der Waals surface area contributed by atoms with Crippen LogP contribution in [0.3, 0.4) is 0 Å². The molecule has 1 aromatic carbocycles. The molecular formula is C16H20ClN3OS. The van der Waals surface area contributed by atoms with E-state index in [1.165, 1.54) is 32.2 Å². The molecule has 0 aliphatic carbocycles. The third kappa shape index (κ3) is 4.03. The van der Waals surface area contributed by atoms with Crippen LogP contribution in [0, 0.1) is 0 Å². The average Bonchev–Trinajstić information content (AvgIpc) is 2.99. The first-order chi connectivity index (χ1) is 10.7. The van der Waals surface area contributed by atoms with Crippen LogP contribution < -0.4 is 0 Å². The van der Waals surface area contributed by atoms with Gasteiger partial charge in [-0.05, 0) is 57.1 Å². The predicted octanol–water partition coefficient (Wildman–Crippen LogP) is 4.36. The molecule has 1 aliphatic heterocycles. The standard InChI is InChI=1S/C16H20ClN3OS/c1-20-10-3-2-4-14(20)9-11-22-16-19-18-15(21-16)12-5-7-13(17)8-6-12/h5-8,14H,2-4,9-11H2,1H3. The van der Waals surface area contributed by atoms with Crippen LogP contribution in [0.1, 0.15) is 25.7 Å². The second-order valence-electron chi connectivity index (χ2n) is 5.65. The van der Waals surface area contributed by atoms with Crippen molar-refractivity contribution < 1.29 is 4.42 Å². The lowest BCUT2D eigenvalue weighted by molar-refractivity contribution is 0.182. The van der Waals surface area contributed by atoms with Gasteiger partial charge in [0.1, 0.15) is 0 Å². The first kappa shape index (κ1) is 15.8. The summed E-state index contributed by atoms with van der Waals surface area (Å²) in [6, 6.07) is 8.13. The molecule has 0 bridgehead atoms. The van der Waals surface area contributed by atoms with Crippen LogP contribution >= 0.6 is 23.4 Å². The molecule has 0 amide bonds. The monoisotopic (exact) mass is 337 g/mol. The van der Waals surface area contributed by atoms with Gasteiger partial charge >= 0.3 is 0 Å². The Hall–Kier alpha value is -1.04. The van der Waals surface area contributed by atoms with Gasteiger partial charge in [-0.25, -0.2) is 0 Å². The van der Waals surface area contributed by atoms with Crippen molar-refractivity contribution in [2.24, 2.45) is 0 Å². The van der Waals surface area contributed by atoms with E-state index in [1.54, 1.807) is 11.8 Å². The zero-order valence-electron chi connectivity index (χ0n) is 12.7. The smallest absolute Gasteiger partial charge is 0.276 e. The minimum Gasteiger partial charge on any atom is -0.411 e. The second kappa shape index (κ2) is 7.49. The lowest BCUT2D eigenvalue weighted by Gasteiger charge is -2.32. The summed E-state index contributed by atoms with van der Waals surface area (Å²) in [7, 11) is 2.22. The van der Waals surface area contributed by atoms with E-state index in [0.29, 0.717) is 22.2 Å². The molecule has 0 spiro atoms. The predicted molar refractivity (Wildman–Crippen MR) is 90.4 cm³/mol. The van der Waals surface area contributed by atoms with Crippen LogP contribution in [-0.4, -0.2) is 40.5 Å². The molecule has 2 heterocycles. The van der Waals surface area contributed by atoms with E-state index in [0.717, 1.165) is 11.3 Å². The van der Waals surface area contributed by atoms with Crippen LogP contribution in [0.4, 0.5) is 0 Å². The Bertz CT molecular complexity index is 602. The molecule has 0 saturated carbocycles. The summed E-state index contributed by atoms with van der Waals surface area (Å²) >= 11 is 7.53. The van der Waals surface area contributed by atoms with Gasteiger partial charge in [-0.15, -0.1) is 10.2 Å². The van der Waals surface area contributed by atoms with E-state index < -0.39 is 0 Å². The minimum absolute atomic E-state index is 0.550. The average molecular weight is 338 g/mol. The van der Waals surface area contributed by atoms with Crippen LogP contribution in [0.25, 0.3) is 11.5 Å². The number of hydrogen-bond acceptors (Lipinski definition) is 5. The molecule has 1 unspecified atom stereocenters. The lowest BCUT2D eigenvalue weighted by Crippen LogP contribution is -2.36. The summed E-state index contributed by atoms with van der Waals surface area (Å²) in [6.45, 7) is 1.22. The SMILES string of the molecule is CN1CCCCC1CCSc1nnc(-c2ccc(Cl)cc2)o1. The fraction of sp³-hybridized carbons (Fsp3) is 0.500. The van der Waals surface area contributed by atoms with Crippen LogP contribution in [-0.2, 0) is 0 Å². The van der Waals surface area contributed by atoms with E-state index in [2.05, 4.69) is 22.1 Å². The number of likely N-dealkylation sites (tertiary alicyclic amines) is 1. The fourth-order valence-electron chi connectivity index (χ4n) is 2.77. The summed E-state index contributed by atoms with van der Waals surface area (Å²) in [6.07, 6.45) is 5.14. The summed E-state index contributed by atoms with van der Waals surface area (Å²) in [5, 5.41) is 9.57.